The van der Waals surface area contributed by atoms with Crippen LogP contribution in [0.1, 0.15) is 43.0 Å². The van der Waals surface area contributed by atoms with E-state index in [0.717, 1.165) is 19.5 Å². The van der Waals surface area contributed by atoms with Crippen molar-refractivity contribution in [1.82, 2.24) is 15.1 Å². The van der Waals surface area contributed by atoms with Gasteiger partial charge < -0.3 is 5.32 Å². The maximum atomic E-state index is 4.42. The van der Waals surface area contributed by atoms with E-state index in [1.165, 1.54) is 20.3 Å². The quantitative estimate of drug-likeness (QED) is 0.767. The Kier molecular flexibility index (Phi) is 5.60. The number of halogens is 1. The molecule has 0 aliphatic carbocycles. The minimum Gasteiger partial charge on any atom is -0.306 e. The molecule has 20 heavy (non-hydrogen) atoms. The largest absolute Gasteiger partial charge is 0.306 e. The average Bonchev–Trinajstić information content (AvgIpc) is 2.92. The van der Waals surface area contributed by atoms with Gasteiger partial charge in [0.25, 0.3) is 0 Å². The lowest BCUT2D eigenvalue weighted by atomic mass is 9.99. The van der Waals surface area contributed by atoms with E-state index in [-0.39, 0.29) is 6.04 Å². The molecule has 2 aromatic rings. The fourth-order valence-electron chi connectivity index (χ4n) is 2.29. The Morgan fingerprint density at radius 2 is 2.15 bits per heavy atom. The van der Waals surface area contributed by atoms with Crippen molar-refractivity contribution in [2.24, 2.45) is 0 Å². The molecule has 4 heteroatoms. The lowest BCUT2D eigenvalue weighted by molar-refractivity contribution is 0.594. The van der Waals surface area contributed by atoms with E-state index in [4.69, 9.17) is 0 Å². The Morgan fingerprint density at radius 1 is 1.35 bits per heavy atom. The standard InChI is InChI=1S/C16H22IN3/c1-4-9-18-16(13-10-19-20(5-2)11-13)14-8-6-7-12(3)15(14)17/h6-8,10-11,16,18H,4-5,9H2,1-3H3. The fraction of sp³-hybridized carbons (Fsp3) is 0.438. The van der Waals surface area contributed by atoms with E-state index in [0.29, 0.717) is 0 Å². The predicted molar refractivity (Wildman–Crippen MR) is 91.9 cm³/mol. The first-order valence-corrected chi connectivity index (χ1v) is 8.26. The van der Waals surface area contributed by atoms with E-state index in [1.54, 1.807) is 0 Å². The highest BCUT2D eigenvalue weighted by molar-refractivity contribution is 14.1. The van der Waals surface area contributed by atoms with Gasteiger partial charge in [0.1, 0.15) is 0 Å². The maximum absolute atomic E-state index is 4.42. The summed E-state index contributed by atoms with van der Waals surface area (Å²) < 4.78 is 3.32. The molecule has 1 atom stereocenters. The van der Waals surface area contributed by atoms with E-state index >= 15 is 0 Å². The first kappa shape index (κ1) is 15.5. The van der Waals surface area contributed by atoms with Crippen LogP contribution in [0.25, 0.3) is 0 Å². The van der Waals surface area contributed by atoms with Gasteiger partial charge in [-0.1, -0.05) is 25.1 Å². The highest BCUT2D eigenvalue weighted by atomic mass is 127. The highest BCUT2D eigenvalue weighted by Crippen LogP contribution is 2.28. The third-order valence-corrected chi connectivity index (χ3v) is 4.92. The van der Waals surface area contributed by atoms with Gasteiger partial charge in [-0.25, -0.2) is 0 Å². The van der Waals surface area contributed by atoms with Crippen LogP contribution in [0.2, 0.25) is 0 Å². The summed E-state index contributed by atoms with van der Waals surface area (Å²) in [5.74, 6) is 0. The Balaban J connectivity index is 2.38. The molecule has 1 aromatic heterocycles. The van der Waals surface area contributed by atoms with Gasteiger partial charge in [-0.05, 0) is 60.5 Å². The van der Waals surface area contributed by atoms with Crippen LogP contribution in [0, 0.1) is 10.5 Å². The average molecular weight is 383 g/mol. The second-order valence-electron chi connectivity index (χ2n) is 4.99. The van der Waals surface area contributed by atoms with Crippen LogP contribution in [0.5, 0.6) is 0 Å². The summed E-state index contributed by atoms with van der Waals surface area (Å²) in [7, 11) is 0. The summed E-state index contributed by atoms with van der Waals surface area (Å²) in [6.07, 6.45) is 5.25. The number of nitrogens with one attached hydrogen (secondary N) is 1. The topological polar surface area (TPSA) is 29.9 Å². The van der Waals surface area contributed by atoms with Crippen molar-refractivity contribution in [3.05, 3.63) is 50.9 Å². The SMILES string of the molecule is CCCNC(c1cnn(CC)c1)c1cccc(C)c1I. The second-order valence-corrected chi connectivity index (χ2v) is 6.07. The molecule has 0 saturated carbocycles. The van der Waals surface area contributed by atoms with Crippen molar-refractivity contribution in [3.8, 4) is 0 Å². The molecule has 3 nitrogen and oxygen atoms in total. The summed E-state index contributed by atoms with van der Waals surface area (Å²) >= 11 is 2.45. The molecule has 0 fully saturated rings. The van der Waals surface area contributed by atoms with Gasteiger partial charge >= 0.3 is 0 Å². The number of rotatable bonds is 6. The number of nitrogens with zero attached hydrogens (tertiary/aromatic N) is 2. The molecule has 0 bridgehead atoms. The second kappa shape index (κ2) is 7.22. The summed E-state index contributed by atoms with van der Waals surface area (Å²) in [5.41, 5.74) is 3.91. The molecule has 108 valence electrons. The van der Waals surface area contributed by atoms with E-state index in [2.05, 4.69) is 78.2 Å². The van der Waals surface area contributed by atoms with Crippen LogP contribution in [-0.4, -0.2) is 16.3 Å². The summed E-state index contributed by atoms with van der Waals surface area (Å²) in [5, 5.41) is 8.06. The normalized spacial score (nSPS) is 12.6. The molecule has 1 aromatic carbocycles. The molecule has 1 unspecified atom stereocenters. The van der Waals surface area contributed by atoms with E-state index in [9.17, 15) is 0 Å². The first-order valence-electron chi connectivity index (χ1n) is 7.18. The molecule has 0 amide bonds. The van der Waals surface area contributed by atoms with Crippen molar-refractivity contribution in [1.29, 1.82) is 0 Å². The van der Waals surface area contributed by atoms with Crippen molar-refractivity contribution < 1.29 is 0 Å². The Bertz CT molecular complexity index is 563. The number of aromatic nitrogens is 2. The number of hydrogen-bond acceptors (Lipinski definition) is 2. The third-order valence-electron chi connectivity index (χ3n) is 3.44. The highest BCUT2D eigenvalue weighted by Gasteiger charge is 2.18. The van der Waals surface area contributed by atoms with E-state index < -0.39 is 0 Å². The van der Waals surface area contributed by atoms with Crippen molar-refractivity contribution in [2.75, 3.05) is 6.54 Å². The maximum Gasteiger partial charge on any atom is 0.0618 e. The summed E-state index contributed by atoms with van der Waals surface area (Å²) in [6.45, 7) is 8.39. The number of benzene rings is 1. The molecule has 0 spiro atoms. The van der Waals surface area contributed by atoms with Gasteiger partial charge in [-0.2, -0.15) is 5.10 Å². The Labute approximate surface area is 134 Å². The minimum absolute atomic E-state index is 0.224. The third kappa shape index (κ3) is 3.41. The first-order chi connectivity index (χ1) is 9.67. The Morgan fingerprint density at radius 3 is 2.80 bits per heavy atom. The van der Waals surface area contributed by atoms with Gasteiger partial charge in [0.2, 0.25) is 0 Å². The zero-order valence-corrected chi connectivity index (χ0v) is 14.5. The molecule has 1 N–H and O–H groups in total. The van der Waals surface area contributed by atoms with Crippen LogP contribution < -0.4 is 5.32 Å². The Hall–Kier alpha value is -0.880. The number of hydrogen-bond donors (Lipinski definition) is 1. The van der Waals surface area contributed by atoms with Crippen LogP contribution in [0.15, 0.2) is 30.6 Å². The lowest BCUT2D eigenvalue weighted by Gasteiger charge is -2.20. The van der Waals surface area contributed by atoms with Crippen LogP contribution in [-0.2, 0) is 6.54 Å². The van der Waals surface area contributed by atoms with Crippen molar-refractivity contribution >= 4 is 22.6 Å². The zero-order chi connectivity index (χ0) is 14.5. The van der Waals surface area contributed by atoms with Crippen molar-refractivity contribution in [2.45, 2.75) is 39.8 Å². The molecule has 1 heterocycles. The van der Waals surface area contributed by atoms with Gasteiger partial charge in [-0.15, -0.1) is 0 Å². The summed E-state index contributed by atoms with van der Waals surface area (Å²) in [4.78, 5) is 0. The molecular formula is C16H22IN3. The van der Waals surface area contributed by atoms with Gasteiger partial charge in [-0.3, -0.25) is 4.68 Å². The summed E-state index contributed by atoms with van der Waals surface area (Å²) in [6, 6.07) is 6.74. The van der Waals surface area contributed by atoms with E-state index in [1.807, 2.05) is 10.9 Å². The monoisotopic (exact) mass is 383 g/mol. The molecule has 0 aliphatic heterocycles. The fourth-order valence-corrected chi connectivity index (χ4v) is 2.96. The van der Waals surface area contributed by atoms with Crippen LogP contribution >= 0.6 is 22.6 Å². The van der Waals surface area contributed by atoms with Gasteiger partial charge in [0.05, 0.1) is 12.2 Å². The van der Waals surface area contributed by atoms with Crippen LogP contribution in [0.4, 0.5) is 0 Å². The molecule has 0 saturated heterocycles. The zero-order valence-electron chi connectivity index (χ0n) is 12.4. The lowest BCUT2D eigenvalue weighted by Crippen LogP contribution is -2.24. The molecule has 0 radical (unpaired) electrons. The van der Waals surface area contributed by atoms with Crippen molar-refractivity contribution in [3.63, 3.8) is 0 Å². The predicted octanol–water partition coefficient (Wildman–Crippen LogP) is 3.91. The van der Waals surface area contributed by atoms with Crippen LogP contribution in [0.3, 0.4) is 0 Å². The molecule has 0 aliphatic rings. The molecular weight excluding hydrogens is 361 g/mol. The molecule has 2 rings (SSSR count). The minimum atomic E-state index is 0.224. The van der Waals surface area contributed by atoms with Gasteiger partial charge in [0.15, 0.2) is 0 Å². The number of aryl methyl sites for hydroxylation is 2. The smallest absolute Gasteiger partial charge is 0.0618 e. The van der Waals surface area contributed by atoms with Gasteiger partial charge in [0, 0.05) is 21.9 Å².